The fourth-order valence-corrected chi connectivity index (χ4v) is 3.43. The number of sulfonamides is 1. The summed E-state index contributed by atoms with van der Waals surface area (Å²) in [6.45, 7) is 5.45. The zero-order valence-corrected chi connectivity index (χ0v) is 12.0. The number of anilines is 1. The standard InChI is InChI=1S/C9H13Cl2N3O2S/c1-9(2,3)4-17(15,16)14-6-7(10)12-5-13-8(6)11/h5,14H,4H2,1-3H3. The number of aromatic nitrogens is 2. The lowest BCUT2D eigenvalue weighted by Gasteiger charge is -2.19. The highest BCUT2D eigenvalue weighted by atomic mass is 35.5. The molecule has 0 saturated heterocycles. The van der Waals surface area contributed by atoms with Gasteiger partial charge in [0.15, 0.2) is 10.3 Å². The first-order valence-corrected chi connectivity index (χ1v) is 7.18. The lowest BCUT2D eigenvalue weighted by molar-refractivity contribution is 0.463. The highest BCUT2D eigenvalue weighted by molar-refractivity contribution is 7.92. The monoisotopic (exact) mass is 297 g/mol. The summed E-state index contributed by atoms with van der Waals surface area (Å²) in [4.78, 5) is 7.33. The van der Waals surface area contributed by atoms with Gasteiger partial charge < -0.3 is 0 Å². The van der Waals surface area contributed by atoms with Gasteiger partial charge in [-0.1, -0.05) is 44.0 Å². The Morgan fingerprint density at radius 1 is 1.24 bits per heavy atom. The molecular formula is C9H13Cl2N3O2S. The van der Waals surface area contributed by atoms with E-state index in [-0.39, 0.29) is 27.2 Å². The Balaban J connectivity index is 2.99. The van der Waals surface area contributed by atoms with Gasteiger partial charge in [0, 0.05) is 0 Å². The van der Waals surface area contributed by atoms with Crippen LogP contribution >= 0.6 is 23.2 Å². The van der Waals surface area contributed by atoms with Crippen LogP contribution in [0.15, 0.2) is 6.33 Å². The van der Waals surface area contributed by atoms with E-state index in [1.807, 2.05) is 20.8 Å². The van der Waals surface area contributed by atoms with Crippen LogP contribution in [0.5, 0.6) is 0 Å². The minimum absolute atomic E-state index is 0.0140. The molecule has 1 N–H and O–H groups in total. The maximum Gasteiger partial charge on any atom is 0.233 e. The van der Waals surface area contributed by atoms with Gasteiger partial charge in [-0.3, -0.25) is 4.72 Å². The maximum atomic E-state index is 11.8. The molecule has 0 radical (unpaired) electrons. The highest BCUT2D eigenvalue weighted by Gasteiger charge is 2.23. The first-order chi connectivity index (χ1) is 7.61. The Bertz CT molecular complexity index is 491. The minimum atomic E-state index is -3.54. The quantitative estimate of drug-likeness (QED) is 0.871. The zero-order valence-electron chi connectivity index (χ0n) is 9.66. The molecule has 0 bridgehead atoms. The van der Waals surface area contributed by atoms with Crippen molar-refractivity contribution in [2.75, 3.05) is 10.5 Å². The fourth-order valence-electron chi connectivity index (χ4n) is 1.19. The van der Waals surface area contributed by atoms with Crippen molar-refractivity contribution >= 4 is 38.9 Å². The van der Waals surface area contributed by atoms with Gasteiger partial charge in [0.2, 0.25) is 10.0 Å². The lowest BCUT2D eigenvalue weighted by atomic mass is 10.0. The van der Waals surface area contributed by atoms with Crippen LogP contribution < -0.4 is 4.72 Å². The molecule has 0 aromatic carbocycles. The third-order valence-corrected chi connectivity index (χ3v) is 3.97. The van der Waals surface area contributed by atoms with E-state index in [0.29, 0.717) is 0 Å². The molecule has 1 heterocycles. The summed E-state index contributed by atoms with van der Waals surface area (Å²) >= 11 is 11.5. The number of rotatable bonds is 3. The first-order valence-electron chi connectivity index (χ1n) is 4.77. The van der Waals surface area contributed by atoms with E-state index in [1.54, 1.807) is 0 Å². The Kier molecular flexibility index (Phi) is 4.22. The molecule has 5 nitrogen and oxygen atoms in total. The van der Waals surface area contributed by atoms with E-state index >= 15 is 0 Å². The molecule has 1 rings (SSSR count). The van der Waals surface area contributed by atoms with E-state index < -0.39 is 10.0 Å². The third kappa shape index (κ3) is 4.65. The smallest absolute Gasteiger partial charge is 0.233 e. The molecule has 0 aliphatic heterocycles. The van der Waals surface area contributed by atoms with Gasteiger partial charge in [0.05, 0.1) is 5.75 Å². The molecule has 0 unspecified atom stereocenters. The SMILES string of the molecule is CC(C)(C)CS(=O)(=O)Nc1c(Cl)ncnc1Cl. The van der Waals surface area contributed by atoms with E-state index in [2.05, 4.69) is 14.7 Å². The van der Waals surface area contributed by atoms with Crippen molar-refractivity contribution in [3.63, 3.8) is 0 Å². The van der Waals surface area contributed by atoms with Crippen LogP contribution in [-0.4, -0.2) is 24.1 Å². The summed E-state index contributed by atoms with van der Waals surface area (Å²) in [5.74, 6) is -0.0540. The van der Waals surface area contributed by atoms with Crippen LogP contribution in [0, 0.1) is 5.41 Å². The van der Waals surface area contributed by atoms with Gasteiger partial charge in [-0.25, -0.2) is 18.4 Å². The van der Waals surface area contributed by atoms with Crippen molar-refractivity contribution in [3.8, 4) is 0 Å². The second kappa shape index (κ2) is 4.96. The number of nitrogens with zero attached hydrogens (tertiary/aromatic N) is 2. The van der Waals surface area contributed by atoms with Crippen molar-refractivity contribution in [1.82, 2.24) is 9.97 Å². The molecule has 0 saturated carbocycles. The summed E-state index contributed by atoms with van der Waals surface area (Å²) in [5.41, 5.74) is -0.361. The van der Waals surface area contributed by atoms with Crippen molar-refractivity contribution in [2.24, 2.45) is 5.41 Å². The molecular weight excluding hydrogens is 285 g/mol. The molecule has 0 atom stereocenters. The van der Waals surface area contributed by atoms with Gasteiger partial charge in [-0.05, 0) is 5.41 Å². The molecule has 8 heteroatoms. The Morgan fingerprint density at radius 3 is 2.12 bits per heavy atom. The molecule has 17 heavy (non-hydrogen) atoms. The molecule has 0 amide bonds. The number of hydrogen-bond acceptors (Lipinski definition) is 4. The average molecular weight is 298 g/mol. The van der Waals surface area contributed by atoms with Crippen molar-refractivity contribution < 1.29 is 8.42 Å². The Morgan fingerprint density at radius 2 is 1.71 bits per heavy atom. The van der Waals surface area contributed by atoms with E-state index in [1.165, 1.54) is 0 Å². The second-order valence-electron chi connectivity index (χ2n) is 4.75. The molecule has 1 aromatic rings. The predicted molar refractivity (Wildman–Crippen MR) is 68.9 cm³/mol. The predicted octanol–water partition coefficient (Wildman–Crippen LogP) is 2.57. The summed E-state index contributed by atoms with van der Waals surface area (Å²) < 4.78 is 26.0. The summed E-state index contributed by atoms with van der Waals surface area (Å²) in [7, 11) is -3.54. The van der Waals surface area contributed by atoms with Crippen LogP contribution in [0.2, 0.25) is 10.3 Å². The van der Waals surface area contributed by atoms with Gasteiger partial charge in [0.25, 0.3) is 0 Å². The summed E-state index contributed by atoms with van der Waals surface area (Å²) in [5, 5.41) is -0.0510. The Hall–Kier alpha value is -0.590. The van der Waals surface area contributed by atoms with Crippen LogP contribution in [0.25, 0.3) is 0 Å². The van der Waals surface area contributed by atoms with Gasteiger partial charge in [-0.2, -0.15) is 0 Å². The number of halogens is 2. The van der Waals surface area contributed by atoms with Gasteiger partial charge in [-0.15, -0.1) is 0 Å². The van der Waals surface area contributed by atoms with Crippen molar-refractivity contribution in [3.05, 3.63) is 16.6 Å². The van der Waals surface area contributed by atoms with Crippen LogP contribution in [-0.2, 0) is 10.0 Å². The number of hydrogen-bond donors (Lipinski definition) is 1. The highest BCUT2D eigenvalue weighted by Crippen LogP contribution is 2.28. The van der Waals surface area contributed by atoms with Crippen LogP contribution in [0.1, 0.15) is 20.8 Å². The van der Waals surface area contributed by atoms with Crippen molar-refractivity contribution in [1.29, 1.82) is 0 Å². The third-order valence-electron chi connectivity index (χ3n) is 1.64. The molecule has 0 spiro atoms. The Labute approximate surface area is 111 Å². The lowest BCUT2D eigenvalue weighted by Crippen LogP contribution is -2.26. The van der Waals surface area contributed by atoms with E-state index in [9.17, 15) is 8.42 Å². The molecule has 1 aromatic heterocycles. The van der Waals surface area contributed by atoms with Gasteiger partial charge >= 0.3 is 0 Å². The fraction of sp³-hybridized carbons (Fsp3) is 0.556. The second-order valence-corrected chi connectivity index (χ2v) is 7.19. The molecule has 0 fully saturated rings. The normalized spacial score (nSPS) is 12.5. The summed E-state index contributed by atoms with van der Waals surface area (Å²) in [6, 6.07) is 0. The largest absolute Gasteiger partial charge is 0.278 e. The van der Waals surface area contributed by atoms with Crippen molar-refractivity contribution in [2.45, 2.75) is 20.8 Å². The van der Waals surface area contributed by atoms with Gasteiger partial charge in [0.1, 0.15) is 12.0 Å². The summed E-state index contributed by atoms with van der Waals surface area (Å²) in [6.07, 6.45) is 1.16. The minimum Gasteiger partial charge on any atom is -0.278 e. The first kappa shape index (κ1) is 14.5. The molecule has 0 aliphatic rings. The topological polar surface area (TPSA) is 72.0 Å². The number of nitrogens with one attached hydrogen (secondary N) is 1. The zero-order chi connectivity index (χ0) is 13.3. The van der Waals surface area contributed by atoms with Crippen LogP contribution in [0.3, 0.4) is 0 Å². The molecule has 96 valence electrons. The average Bonchev–Trinajstić information content (AvgIpc) is 2.07. The van der Waals surface area contributed by atoms with E-state index in [0.717, 1.165) is 6.33 Å². The maximum absolute atomic E-state index is 11.8. The van der Waals surface area contributed by atoms with E-state index in [4.69, 9.17) is 23.2 Å². The molecule has 0 aliphatic carbocycles. The van der Waals surface area contributed by atoms with Crippen LogP contribution in [0.4, 0.5) is 5.69 Å².